The first-order valence-corrected chi connectivity index (χ1v) is 14.0. The molecule has 0 N–H and O–H groups in total. The Morgan fingerprint density at radius 1 is 0.878 bits per heavy atom. The van der Waals surface area contributed by atoms with Crippen molar-refractivity contribution < 1.29 is 33.3 Å². The Morgan fingerprint density at radius 3 is 2.10 bits per heavy atom. The molecule has 3 aromatic rings. The number of aromatic nitrogens is 1. The molecule has 0 spiro atoms. The van der Waals surface area contributed by atoms with Gasteiger partial charge in [-0.1, -0.05) is 63.2 Å². The highest BCUT2D eigenvalue weighted by Gasteiger charge is 2.32. The molecule has 0 unspecified atom stereocenters. The van der Waals surface area contributed by atoms with Gasteiger partial charge in [0, 0.05) is 25.6 Å². The number of carbonyl (C=O) groups is 3. The van der Waals surface area contributed by atoms with E-state index < -0.39 is 29.7 Å². The highest BCUT2D eigenvalue weighted by molar-refractivity contribution is 5.99. The molecule has 41 heavy (non-hydrogen) atoms. The fraction of sp³-hybridized carbons (Fsp3) is 0.394. The molecule has 0 bridgehead atoms. The van der Waals surface area contributed by atoms with Gasteiger partial charge in [-0.15, -0.1) is 0 Å². The fourth-order valence-corrected chi connectivity index (χ4v) is 4.70. The number of rotatable bonds is 14. The molecule has 2 aromatic carbocycles. The third kappa shape index (κ3) is 8.39. The Kier molecular flexibility index (Phi) is 11.4. The largest absolute Gasteiger partial charge is 0.493 e. The number of ether oxygens (including phenoxy) is 4. The Labute approximate surface area is 242 Å². The second-order valence-electron chi connectivity index (χ2n) is 10.0. The molecule has 0 amide bonds. The first-order valence-electron chi connectivity index (χ1n) is 14.0. The average molecular weight is 562 g/mol. The Morgan fingerprint density at radius 2 is 1.51 bits per heavy atom. The number of pyridine rings is 1. The van der Waals surface area contributed by atoms with Gasteiger partial charge < -0.3 is 18.9 Å². The van der Waals surface area contributed by atoms with Gasteiger partial charge in [-0.25, -0.2) is 4.98 Å². The van der Waals surface area contributed by atoms with E-state index in [1.807, 2.05) is 49.4 Å². The van der Waals surface area contributed by atoms with Crippen molar-refractivity contribution in [3.05, 3.63) is 72.6 Å². The van der Waals surface area contributed by atoms with E-state index in [0.717, 1.165) is 24.0 Å². The van der Waals surface area contributed by atoms with Crippen LogP contribution in [0.1, 0.15) is 64.4 Å². The molecule has 1 heterocycles. The molecule has 3 rings (SSSR count). The summed E-state index contributed by atoms with van der Waals surface area (Å²) < 4.78 is 22.7. The summed E-state index contributed by atoms with van der Waals surface area (Å²) in [7, 11) is 1.40. The van der Waals surface area contributed by atoms with Crippen molar-refractivity contribution in [2.45, 2.75) is 66.1 Å². The normalized spacial score (nSPS) is 13.1. The summed E-state index contributed by atoms with van der Waals surface area (Å²) >= 11 is 0. The lowest BCUT2D eigenvalue weighted by molar-refractivity contribution is -0.158. The van der Waals surface area contributed by atoms with E-state index in [-0.39, 0.29) is 35.6 Å². The number of benzene rings is 2. The van der Waals surface area contributed by atoms with Gasteiger partial charge in [0.2, 0.25) is 5.75 Å². The van der Waals surface area contributed by atoms with Gasteiger partial charge in [0.25, 0.3) is 0 Å². The summed E-state index contributed by atoms with van der Waals surface area (Å²) in [5.74, 6) is -1.41. The number of ketones is 1. The molecule has 0 aliphatic heterocycles. The van der Waals surface area contributed by atoms with Gasteiger partial charge >= 0.3 is 11.9 Å². The molecule has 0 fully saturated rings. The zero-order valence-electron chi connectivity index (χ0n) is 24.6. The molecule has 0 saturated heterocycles. The molecule has 0 aliphatic carbocycles. The lowest BCUT2D eigenvalue weighted by Gasteiger charge is -2.31. The second-order valence-corrected chi connectivity index (χ2v) is 10.0. The third-order valence-corrected chi connectivity index (χ3v) is 7.00. The molecule has 0 aliphatic rings. The monoisotopic (exact) mass is 561 g/mol. The van der Waals surface area contributed by atoms with Crippen LogP contribution in [0.2, 0.25) is 0 Å². The number of hydrogen-bond acceptors (Lipinski definition) is 8. The van der Waals surface area contributed by atoms with E-state index in [0.29, 0.717) is 5.75 Å². The van der Waals surface area contributed by atoms with E-state index in [9.17, 15) is 14.4 Å². The number of hydrogen-bond donors (Lipinski definition) is 0. The molecule has 8 nitrogen and oxygen atoms in total. The number of methoxy groups -OCH3 is 1. The molecule has 218 valence electrons. The third-order valence-electron chi connectivity index (χ3n) is 7.00. The van der Waals surface area contributed by atoms with Crippen LogP contribution < -0.4 is 14.2 Å². The van der Waals surface area contributed by atoms with Gasteiger partial charge in [0.05, 0.1) is 13.0 Å². The molecule has 1 aromatic heterocycles. The SMILES string of the molecule is CCC(CC)[C@@H](Oc1ccc(-c2ccccc2)cc1)[C@H](C)OC(=O)[C@H](C)CC(=O)c1nccc(OC)c1OC(C)=O. The maximum Gasteiger partial charge on any atom is 0.309 e. The van der Waals surface area contributed by atoms with Gasteiger partial charge in [-0.05, 0) is 48.9 Å². The van der Waals surface area contributed by atoms with Crippen molar-refractivity contribution in [2.75, 3.05) is 7.11 Å². The lowest BCUT2D eigenvalue weighted by Crippen LogP contribution is -2.40. The molecular formula is C33H39NO7. The Balaban J connectivity index is 1.70. The minimum atomic E-state index is -0.768. The predicted octanol–water partition coefficient (Wildman–Crippen LogP) is 6.71. The van der Waals surface area contributed by atoms with Crippen molar-refractivity contribution in [3.8, 4) is 28.4 Å². The highest BCUT2D eigenvalue weighted by atomic mass is 16.6. The van der Waals surface area contributed by atoms with E-state index in [1.165, 1.54) is 26.3 Å². The zero-order chi connectivity index (χ0) is 29.9. The van der Waals surface area contributed by atoms with Crippen LogP contribution in [0.25, 0.3) is 11.1 Å². The van der Waals surface area contributed by atoms with Crippen LogP contribution >= 0.6 is 0 Å². The van der Waals surface area contributed by atoms with Gasteiger partial charge in [0.15, 0.2) is 17.2 Å². The summed E-state index contributed by atoms with van der Waals surface area (Å²) in [6.45, 7) is 8.82. The van der Waals surface area contributed by atoms with Gasteiger partial charge in [0.1, 0.15) is 18.0 Å². The van der Waals surface area contributed by atoms with E-state index in [4.69, 9.17) is 18.9 Å². The van der Waals surface area contributed by atoms with Gasteiger partial charge in [-0.2, -0.15) is 0 Å². The minimum Gasteiger partial charge on any atom is -0.493 e. The second kappa shape index (κ2) is 15.0. The summed E-state index contributed by atoms with van der Waals surface area (Å²) in [6.07, 6.45) is 1.95. The van der Waals surface area contributed by atoms with E-state index in [2.05, 4.69) is 31.0 Å². The summed E-state index contributed by atoms with van der Waals surface area (Å²) in [5, 5.41) is 0. The average Bonchev–Trinajstić information content (AvgIpc) is 2.97. The lowest BCUT2D eigenvalue weighted by atomic mass is 9.92. The molecule has 3 atom stereocenters. The van der Waals surface area contributed by atoms with Crippen LogP contribution in [-0.2, 0) is 14.3 Å². The highest BCUT2D eigenvalue weighted by Crippen LogP contribution is 2.32. The van der Waals surface area contributed by atoms with Crippen LogP contribution in [0, 0.1) is 11.8 Å². The Bertz CT molecular complexity index is 1300. The maximum absolute atomic E-state index is 13.1. The van der Waals surface area contributed by atoms with Gasteiger partial charge in [-0.3, -0.25) is 14.4 Å². The van der Waals surface area contributed by atoms with Crippen molar-refractivity contribution in [1.82, 2.24) is 4.98 Å². The number of Topliss-reactive ketones (excluding diaryl/α,β-unsaturated/α-hetero) is 1. The number of esters is 2. The van der Waals surface area contributed by atoms with Crippen LogP contribution in [0.5, 0.6) is 17.2 Å². The van der Waals surface area contributed by atoms with Crippen LogP contribution in [0.15, 0.2) is 66.9 Å². The fourth-order valence-electron chi connectivity index (χ4n) is 4.70. The number of nitrogens with zero attached hydrogens (tertiary/aromatic N) is 1. The molecule has 0 saturated carbocycles. The van der Waals surface area contributed by atoms with Crippen LogP contribution in [-0.4, -0.2) is 42.0 Å². The molecular weight excluding hydrogens is 522 g/mol. The van der Waals surface area contributed by atoms with E-state index >= 15 is 0 Å². The predicted molar refractivity (Wildman–Crippen MR) is 156 cm³/mol. The van der Waals surface area contributed by atoms with Crippen LogP contribution in [0.4, 0.5) is 0 Å². The quantitative estimate of drug-likeness (QED) is 0.158. The molecule has 8 heteroatoms. The van der Waals surface area contributed by atoms with Crippen molar-refractivity contribution in [1.29, 1.82) is 0 Å². The maximum atomic E-state index is 13.1. The van der Waals surface area contributed by atoms with Crippen LogP contribution in [0.3, 0.4) is 0 Å². The smallest absolute Gasteiger partial charge is 0.309 e. The van der Waals surface area contributed by atoms with Crippen molar-refractivity contribution in [3.63, 3.8) is 0 Å². The zero-order valence-corrected chi connectivity index (χ0v) is 24.6. The van der Waals surface area contributed by atoms with Crippen molar-refractivity contribution >= 4 is 17.7 Å². The first-order chi connectivity index (χ1) is 19.7. The Hall–Kier alpha value is -4.20. The summed E-state index contributed by atoms with van der Waals surface area (Å²) in [6, 6.07) is 19.4. The van der Waals surface area contributed by atoms with E-state index in [1.54, 1.807) is 6.92 Å². The summed E-state index contributed by atoms with van der Waals surface area (Å²) in [4.78, 5) is 41.8. The topological polar surface area (TPSA) is 101 Å². The minimum absolute atomic E-state index is 0.0677. The first kappa shape index (κ1) is 31.3. The molecule has 0 radical (unpaired) electrons. The summed E-state index contributed by atoms with van der Waals surface area (Å²) in [5.41, 5.74) is 2.12. The van der Waals surface area contributed by atoms with Crippen molar-refractivity contribution in [2.24, 2.45) is 11.8 Å². The number of carbonyl (C=O) groups excluding carboxylic acids is 3. The standard InChI is InChI=1S/C33H39NO7/c1-7-24(8-2)31(41-27-16-14-26(15-17-27)25-12-10-9-11-13-25)22(4)39-33(37)21(3)20-28(36)30-32(40-23(5)35)29(38-6)18-19-34-30/h9-19,21-22,24,31H,7-8,20H2,1-6H3/t21-,22+,31+/m1/s1.